The molecule has 0 aromatic heterocycles. The fourth-order valence-corrected chi connectivity index (χ4v) is 5.05. The van der Waals surface area contributed by atoms with Crippen LogP contribution in [0, 0.1) is 6.92 Å². The first kappa shape index (κ1) is 23.3. The highest BCUT2D eigenvalue weighted by Crippen LogP contribution is 2.31. The van der Waals surface area contributed by atoms with Gasteiger partial charge in [0, 0.05) is 25.7 Å². The van der Waals surface area contributed by atoms with Crippen LogP contribution in [0.15, 0.2) is 48.5 Å². The predicted octanol–water partition coefficient (Wildman–Crippen LogP) is 5.47. The van der Waals surface area contributed by atoms with Crippen molar-refractivity contribution in [1.82, 2.24) is 9.80 Å². The SMILES string of the molecule is Cc1ccc(C(=O)N2CCCCCCN(C)C(=O)c3ccccc3O[C@H]3CCCC[C@H]32)cc1. The monoisotopic (exact) mass is 448 g/mol. The van der Waals surface area contributed by atoms with Gasteiger partial charge in [0.05, 0.1) is 11.6 Å². The summed E-state index contributed by atoms with van der Waals surface area (Å²) in [5, 5.41) is 0. The molecule has 0 N–H and O–H groups in total. The molecule has 176 valence electrons. The minimum absolute atomic E-state index is 0.00241. The van der Waals surface area contributed by atoms with Crippen LogP contribution >= 0.6 is 0 Å². The lowest BCUT2D eigenvalue weighted by Crippen LogP contribution is -2.51. The largest absolute Gasteiger partial charge is 0.487 e. The molecule has 0 unspecified atom stereocenters. The van der Waals surface area contributed by atoms with Gasteiger partial charge in [0.2, 0.25) is 0 Å². The Balaban J connectivity index is 1.67. The maximum Gasteiger partial charge on any atom is 0.257 e. The molecule has 0 spiro atoms. The number of nitrogens with zero attached hydrogens (tertiary/aromatic N) is 2. The molecule has 1 heterocycles. The number of hydrogen-bond acceptors (Lipinski definition) is 3. The number of ether oxygens (including phenoxy) is 1. The number of amides is 2. The first-order valence-corrected chi connectivity index (χ1v) is 12.4. The summed E-state index contributed by atoms with van der Waals surface area (Å²) in [5.74, 6) is 0.723. The summed E-state index contributed by atoms with van der Waals surface area (Å²) in [7, 11) is 1.87. The molecule has 0 saturated heterocycles. The van der Waals surface area contributed by atoms with Gasteiger partial charge < -0.3 is 14.5 Å². The first-order valence-electron chi connectivity index (χ1n) is 12.4. The van der Waals surface area contributed by atoms with Crippen molar-refractivity contribution in [1.29, 1.82) is 0 Å². The Morgan fingerprint density at radius 2 is 1.58 bits per heavy atom. The van der Waals surface area contributed by atoms with Crippen molar-refractivity contribution in [3.8, 4) is 5.75 Å². The summed E-state index contributed by atoms with van der Waals surface area (Å²) in [6.45, 7) is 3.51. The van der Waals surface area contributed by atoms with Crippen molar-refractivity contribution >= 4 is 11.8 Å². The molecular formula is C28H36N2O3. The van der Waals surface area contributed by atoms with Crippen LogP contribution in [0.5, 0.6) is 5.75 Å². The number of benzene rings is 2. The molecule has 4 rings (SSSR count). The Morgan fingerprint density at radius 1 is 0.879 bits per heavy atom. The standard InChI is InChI=1S/C28H36N2O3/c1-21-15-17-22(18-16-21)27(31)30-20-10-4-3-9-19-29(2)28(32)23-11-5-7-13-25(23)33-26-14-8-6-12-24(26)30/h5,7,11,13,15-18,24,26H,3-4,6,8-10,12,14,19-20H2,1-2H3/t24-,26+/m1/s1. The molecule has 2 aromatic rings. The number of fused-ring (bicyclic) bond motifs is 2. The molecule has 1 saturated carbocycles. The molecule has 2 aromatic carbocycles. The highest BCUT2D eigenvalue weighted by Gasteiger charge is 2.35. The molecule has 5 heteroatoms. The number of carbonyl (C=O) groups excluding carboxylic acids is 2. The Labute approximate surface area is 197 Å². The van der Waals surface area contributed by atoms with Gasteiger partial charge >= 0.3 is 0 Å². The van der Waals surface area contributed by atoms with Gasteiger partial charge in [-0.1, -0.05) is 49.1 Å². The number of rotatable bonds is 1. The Bertz CT molecular complexity index is 956. The average molecular weight is 449 g/mol. The van der Waals surface area contributed by atoms with Crippen molar-refractivity contribution in [3.05, 3.63) is 65.2 Å². The molecule has 1 aliphatic carbocycles. The molecule has 0 radical (unpaired) electrons. The van der Waals surface area contributed by atoms with Crippen molar-refractivity contribution in [3.63, 3.8) is 0 Å². The van der Waals surface area contributed by atoms with Crippen LogP contribution < -0.4 is 4.74 Å². The van der Waals surface area contributed by atoms with E-state index in [1.54, 1.807) is 4.90 Å². The van der Waals surface area contributed by atoms with E-state index in [9.17, 15) is 9.59 Å². The molecular weight excluding hydrogens is 412 g/mol. The maximum absolute atomic E-state index is 13.7. The highest BCUT2D eigenvalue weighted by molar-refractivity contribution is 5.97. The summed E-state index contributed by atoms with van der Waals surface area (Å²) >= 11 is 0. The summed E-state index contributed by atoms with van der Waals surface area (Å²) in [4.78, 5) is 30.7. The minimum Gasteiger partial charge on any atom is -0.487 e. The van der Waals surface area contributed by atoms with Gasteiger partial charge in [-0.25, -0.2) is 0 Å². The number of aryl methyl sites for hydroxylation is 1. The quantitative estimate of drug-likeness (QED) is 0.581. The molecule has 2 atom stereocenters. The molecule has 1 fully saturated rings. The zero-order valence-electron chi connectivity index (χ0n) is 20.0. The molecule has 5 nitrogen and oxygen atoms in total. The second-order valence-corrected chi connectivity index (χ2v) is 9.51. The van der Waals surface area contributed by atoms with Crippen LogP contribution in [0.2, 0.25) is 0 Å². The predicted molar refractivity (Wildman–Crippen MR) is 131 cm³/mol. The van der Waals surface area contributed by atoms with Crippen LogP contribution in [0.4, 0.5) is 0 Å². The van der Waals surface area contributed by atoms with Gasteiger partial charge in [-0.05, 0) is 63.3 Å². The average Bonchev–Trinajstić information content (AvgIpc) is 2.83. The Morgan fingerprint density at radius 3 is 2.36 bits per heavy atom. The smallest absolute Gasteiger partial charge is 0.257 e. The van der Waals surface area contributed by atoms with Crippen LogP contribution in [0.1, 0.15) is 77.6 Å². The Kier molecular flexibility index (Phi) is 7.69. The summed E-state index contributed by atoms with van der Waals surface area (Å²) < 4.78 is 6.56. The maximum atomic E-state index is 13.7. The normalized spacial score (nSPS) is 22.5. The third-order valence-electron chi connectivity index (χ3n) is 7.01. The van der Waals surface area contributed by atoms with Gasteiger partial charge in [0.25, 0.3) is 11.8 Å². The van der Waals surface area contributed by atoms with Crippen molar-refractivity contribution in [2.45, 2.75) is 70.4 Å². The minimum atomic E-state index is -0.115. The molecule has 0 bridgehead atoms. The second kappa shape index (κ2) is 10.9. The lowest BCUT2D eigenvalue weighted by atomic mass is 9.90. The van der Waals surface area contributed by atoms with E-state index in [0.29, 0.717) is 11.3 Å². The zero-order chi connectivity index (χ0) is 23.2. The van der Waals surface area contributed by atoms with E-state index in [4.69, 9.17) is 4.74 Å². The van der Waals surface area contributed by atoms with Crippen molar-refractivity contribution in [2.75, 3.05) is 20.1 Å². The first-order chi connectivity index (χ1) is 16.0. The molecule has 1 aliphatic heterocycles. The van der Waals surface area contributed by atoms with Crippen molar-refractivity contribution < 1.29 is 14.3 Å². The fraction of sp³-hybridized carbons (Fsp3) is 0.500. The summed E-state index contributed by atoms with van der Waals surface area (Å²) in [6, 6.07) is 15.4. The fourth-order valence-electron chi connectivity index (χ4n) is 5.05. The number of hydrogen-bond donors (Lipinski definition) is 0. The Hall–Kier alpha value is -2.82. The van der Waals surface area contributed by atoms with Gasteiger partial charge in [-0.3, -0.25) is 9.59 Å². The summed E-state index contributed by atoms with van der Waals surface area (Å²) in [5.41, 5.74) is 2.50. The van der Waals surface area contributed by atoms with Crippen LogP contribution in [-0.4, -0.2) is 53.9 Å². The van der Waals surface area contributed by atoms with Gasteiger partial charge in [-0.2, -0.15) is 0 Å². The van der Waals surface area contributed by atoms with Gasteiger partial charge in [-0.15, -0.1) is 0 Å². The van der Waals surface area contributed by atoms with E-state index >= 15 is 0 Å². The number of carbonyl (C=O) groups is 2. The molecule has 2 aliphatic rings. The highest BCUT2D eigenvalue weighted by atomic mass is 16.5. The molecule has 33 heavy (non-hydrogen) atoms. The van der Waals surface area contributed by atoms with E-state index in [1.165, 1.54) is 0 Å². The zero-order valence-corrected chi connectivity index (χ0v) is 20.0. The van der Waals surface area contributed by atoms with Crippen LogP contribution in [-0.2, 0) is 0 Å². The third kappa shape index (κ3) is 5.58. The van der Waals surface area contributed by atoms with Crippen LogP contribution in [0.25, 0.3) is 0 Å². The third-order valence-corrected chi connectivity index (χ3v) is 7.01. The van der Waals surface area contributed by atoms with Gasteiger partial charge in [0.1, 0.15) is 11.9 Å². The van der Waals surface area contributed by atoms with E-state index in [0.717, 1.165) is 75.6 Å². The van der Waals surface area contributed by atoms with E-state index < -0.39 is 0 Å². The number of para-hydroxylation sites is 1. The van der Waals surface area contributed by atoms with E-state index in [1.807, 2.05) is 62.5 Å². The van der Waals surface area contributed by atoms with Crippen LogP contribution in [0.3, 0.4) is 0 Å². The van der Waals surface area contributed by atoms with E-state index in [-0.39, 0.29) is 24.0 Å². The van der Waals surface area contributed by atoms with Gasteiger partial charge in [0.15, 0.2) is 0 Å². The van der Waals surface area contributed by atoms with E-state index in [2.05, 4.69) is 4.90 Å². The molecule has 2 amide bonds. The summed E-state index contributed by atoms with van der Waals surface area (Å²) in [6.07, 6.45) is 7.90. The second-order valence-electron chi connectivity index (χ2n) is 9.51. The lowest BCUT2D eigenvalue weighted by molar-refractivity contribution is 0.0268. The topological polar surface area (TPSA) is 49.9 Å². The lowest BCUT2D eigenvalue weighted by Gasteiger charge is -2.40. The van der Waals surface area contributed by atoms with Crippen molar-refractivity contribution in [2.24, 2.45) is 0 Å².